The first kappa shape index (κ1) is 18.0. The zero-order chi connectivity index (χ0) is 19.5. The summed E-state index contributed by atoms with van der Waals surface area (Å²) in [7, 11) is 0. The Kier molecular flexibility index (Phi) is 4.15. The number of rotatable bonds is 2. The number of amides is 1. The van der Waals surface area contributed by atoms with Crippen molar-refractivity contribution >= 4 is 11.6 Å². The summed E-state index contributed by atoms with van der Waals surface area (Å²) in [6.45, 7) is 6.88. The van der Waals surface area contributed by atoms with Gasteiger partial charge in [0.25, 0.3) is 0 Å². The Morgan fingerprint density at radius 3 is 2.64 bits per heavy atom. The standard InChI is InChI=1S/C23H30N4O/c1-15-14-26(21-4-3-5-25-20(21)13-24)6-7-27(15)22(28)23-10-17-8-18(11-23)16(2)19(9-17)12-23/h3-5,15-19H,6-12,14H2,1-2H3/t15-,16?,17?,18?,19?,23?/m1/s1. The Labute approximate surface area is 167 Å². The van der Waals surface area contributed by atoms with Crippen LogP contribution in [0.1, 0.15) is 51.6 Å². The van der Waals surface area contributed by atoms with Gasteiger partial charge in [0.05, 0.1) is 11.1 Å². The number of carbonyl (C=O) groups excluding carboxylic acids is 1. The van der Waals surface area contributed by atoms with Gasteiger partial charge in [-0.25, -0.2) is 4.98 Å². The van der Waals surface area contributed by atoms with Gasteiger partial charge in [0.15, 0.2) is 5.69 Å². The molecule has 5 nitrogen and oxygen atoms in total. The second-order valence-electron chi connectivity index (χ2n) is 9.89. The average Bonchev–Trinajstić information content (AvgIpc) is 2.70. The third-order valence-electron chi connectivity index (χ3n) is 8.32. The first-order chi connectivity index (χ1) is 13.5. The van der Waals surface area contributed by atoms with Crippen LogP contribution in [0.3, 0.4) is 0 Å². The molecule has 5 heteroatoms. The summed E-state index contributed by atoms with van der Waals surface area (Å²) in [6, 6.07) is 6.22. The van der Waals surface area contributed by atoms with Crippen molar-refractivity contribution in [3.63, 3.8) is 0 Å². The van der Waals surface area contributed by atoms with Gasteiger partial charge in [-0.15, -0.1) is 0 Å². The smallest absolute Gasteiger partial charge is 0.229 e. The first-order valence-corrected chi connectivity index (χ1v) is 10.9. The fourth-order valence-corrected chi connectivity index (χ4v) is 7.06. The maximum atomic E-state index is 13.8. The Balaban J connectivity index is 1.33. The van der Waals surface area contributed by atoms with Gasteiger partial charge in [-0.2, -0.15) is 5.26 Å². The van der Waals surface area contributed by atoms with Crippen molar-refractivity contribution in [3.8, 4) is 6.07 Å². The zero-order valence-corrected chi connectivity index (χ0v) is 17.0. The number of piperazine rings is 1. The highest BCUT2D eigenvalue weighted by atomic mass is 16.2. The molecule has 1 saturated heterocycles. The normalized spacial score (nSPS) is 39.1. The molecular weight excluding hydrogens is 348 g/mol. The topological polar surface area (TPSA) is 60.2 Å². The molecule has 28 heavy (non-hydrogen) atoms. The van der Waals surface area contributed by atoms with E-state index in [-0.39, 0.29) is 11.5 Å². The van der Waals surface area contributed by atoms with E-state index in [1.54, 1.807) is 6.20 Å². The van der Waals surface area contributed by atoms with Crippen LogP contribution in [0.2, 0.25) is 0 Å². The lowest BCUT2D eigenvalue weighted by Gasteiger charge is -2.60. The van der Waals surface area contributed by atoms with Crippen molar-refractivity contribution < 1.29 is 4.79 Å². The Bertz CT molecular complexity index is 814. The van der Waals surface area contributed by atoms with Crippen LogP contribution in [0.25, 0.3) is 0 Å². The predicted octanol–water partition coefficient (Wildman–Crippen LogP) is 3.45. The Hall–Kier alpha value is -2.09. The SMILES string of the molecule is CC1C2CC3CC1CC(C(=O)N1CCN(c4cccnc4C#N)C[C@H]1C)(C3)C2. The highest BCUT2D eigenvalue weighted by molar-refractivity contribution is 5.84. The van der Waals surface area contributed by atoms with Crippen molar-refractivity contribution in [3.05, 3.63) is 24.0 Å². The molecule has 1 aliphatic heterocycles. The lowest BCUT2D eigenvalue weighted by Crippen LogP contribution is -2.62. The number of nitrogens with zero attached hydrogens (tertiary/aromatic N) is 4. The molecule has 0 N–H and O–H groups in total. The predicted molar refractivity (Wildman–Crippen MR) is 107 cm³/mol. The monoisotopic (exact) mass is 378 g/mol. The summed E-state index contributed by atoms with van der Waals surface area (Å²) >= 11 is 0. The van der Waals surface area contributed by atoms with Crippen molar-refractivity contribution in [1.29, 1.82) is 5.26 Å². The summed E-state index contributed by atoms with van der Waals surface area (Å²) in [5.41, 5.74) is 1.29. The van der Waals surface area contributed by atoms with Crippen molar-refractivity contribution in [2.45, 2.75) is 52.0 Å². The third kappa shape index (κ3) is 2.64. The van der Waals surface area contributed by atoms with Gasteiger partial charge < -0.3 is 9.80 Å². The van der Waals surface area contributed by atoms with E-state index in [0.717, 1.165) is 68.3 Å². The van der Waals surface area contributed by atoms with Gasteiger partial charge in [0, 0.05) is 31.9 Å². The van der Waals surface area contributed by atoms with E-state index in [1.165, 1.54) is 12.8 Å². The molecular formula is C23H30N4O. The second-order valence-corrected chi connectivity index (χ2v) is 9.89. The Morgan fingerprint density at radius 1 is 1.21 bits per heavy atom. The third-order valence-corrected chi connectivity index (χ3v) is 8.32. The van der Waals surface area contributed by atoms with E-state index in [9.17, 15) is 10.1 Å². The van der Waals surface area contributed by atoms with Gasteiger partial charge in [-0.3, -0.25) is 4.79 Å². The quantitative estimate of drug-likeness (QED) is 0.791. The molecule has 3 atom stereocenters. The van der Waals surface area contributed by atoms with E-state index >= 15 is 0 Å². The van der Waals surface area contributed by atoms with Crippen LogP contribution < -0.4 is 4.90 Å². The van der Waals surface area contributed by atoms with E-state index in [0.29, 0.717) is 11.6 Å². The van der Waals surface area contributed by atoms with Crippen LogP contribution in [0.4, 0.5) is 5.69 Å². The fourth-order valence-electron chi connectivity index (χ4n) is 7.06. The van der Waals surface area contributed by atoms with Crippen LogP contribution >= 0.6 is 0 Å². The lowest BCUT2D eigenvalue weighted by atomic mass is 9.46. The first-order valence-electron chi connectivity index (χ1n) is 10.9. The van der Waals surface area contributed by atoms with Gasteiger partial charge in [0.2, 0.25) is 5.91 Å². The second kappa shape index (κ2) is 6.47. The highest BCUT2D eigenvalue weighted by Gasteiger charge is 2.58. The summed E-state index contributed by atoms with van der Waals surface area (Å²) in [4.78, 5) is 22.4. The molecule has 5 aliphatic rings. The molecule has 5 fully saturated rings. The van der Waals surface area contributed by atoms with E-state index in [1.807, 2.05) is 12.1 Å². The van der Waals surface area contributed by atoms with E-state index in [2.05, 4.69) is 34.7 Å². The minimum Gasteiger partial charge on any atom is -0.365 e. The maximum absolute atomic E-state index is 13.8. The zero-order valence-electron chi connectivity index (χ0n) is 17.0. The molecule has 4 bridgehead atoms. The molecule has 1 amide bonds. The maximum Gasteiger partial charge on any atom is 0.229 e. The van der Waals surface area contributed by atoms with Crippen LogP contribution in [0.5, 0.6) is 0 Å². The van der Waals surface area contributed by atoms with Gasteiger partial charge in [-0.1, -0.05) is 6.92 Å². The largest absolute Gasteiger partial charge is 0.365 e. The van der Waals surface area contributed by atoms with Crippen LogP contribution in [0, 0.1) is 40.4 Å². The molecule has 4 saturated carbocycles. The molecule has 1 aromatic heterocycles. The van der Waals surface area contributed by atoms with Crippen molar-refractivity contribution in [2.24, 2.45) is 29.1 Å². The van der Waals surface area contributed by atoms with Crippen LogP contribution in [-0.2, 0) is 4.79 Å². The molecule has 4 aliphatic carbocycles. The number of pyridine rings is 1. The molecule has 2 heterocycles. The molecule has 6 rings (SSSR count). The number of nitriles is 1. The average molecular weight is 379 g/mol. The fraction of sp³-hybridized carbons (Fsp3) is 0.696. The number of hydrogen-bond donors (Lipinski definition) is 0. The van der Waals surface area contributed by atoms with Gasteiger partial charge in [-0.05, 0) is 74.8 Å². The molecule has 148 valence electrons. The van der Waals surface area contributed by atoms with Crippen molar-refractivity contribution in [2.75, 3.05) is 24.5 Å². The number of anilines is 1. The molecule has 0 aromatic carbocycles. The minimum atomic E-state index is -0.0778. The molecule has 0 radical (unpaired) electrons. The highest BCUT2D eigenvalue weighted by Crippen LogP contribution is 2.62. The summed E-state index contributed by atoms with van der Waals surface area (Å²) in [5.74, 6) is 3.54. The number of hydrogen-bond acceptors (Lipinski definition) is 4. The van der Waals surface area contributed by atoms with Crippen molar-refractivity contribution in [1.82, 2.24) is 9.88 Å². The van der Waals surface area contributed by atoms with E-state index in [4.69, 9.17) is 0 Å². The van der Waals surface area contributed by atoms with Crippen LogP contribution in [-0.4, -0.2) is 41.5 Å². The van der Waals surface area contributed by atoms with E-state index < -0.39 is 0 Å². The van der Waals surface area contributed by atoms with Crippen LogP contribution in [0.15, 0.2) is 18.3 Å². The molecule has 1 aromatic rings. The lowest BCUT2D eigenvalue weighted by molar-refractivity contribution is -0.165. The minimum absolute atomic E-state index is 0.0778. The number of carbonyl (C=O) groups is 1. The summed E-state index contributed by atoms with van der Waals surface area (Å²) in [6.07, 6.45) is 7.74. The van der Waals surface area contributed by atoms with Gasteiger partial charge in [0.1, 0.15) is 6.07 Å². The molecule has 2 unspecified atom stereocenters. The molecule has 0 spiro atoms. The summed E-state index contributed by atoms with van der Waals surface area (Å²) < 4.78 is 0. The van der Waals surface area contributed by atoms with Gasteiger partial charge >= 0.3 is 0 Å². The Morgan fingerprint density at radius 2 is 1.96 bits per heavy atom. The summed E-state index contributed by atoms with van der Waals surface area (Å²) in [5, 5.41) is 9.37. The number of aromatic nitrogens is 1.